The Morgan fingerprint density at radius 3 is 1.33 bits per heavy atom. The summed E-state index contributed by atoms with van der Waals surface area (Å²) >= 11 is 0. The van der Waals surface area contributed by atoms with Gasteiger partial charge in [-0.25, -0.2) is 0 Å². The second-order valence-electron chi connectivity index (χ2n) is 8.84. The van der Waals surface area contributed by atoms with Gasteiger partial charge in [-0.05, 0) is 60.7 Å². The molecule has 2 heterocycles. The van der Waals surface area contributed by atoms with Crippen LogP contribution in [0, 0.1) is 0 Å². The first-order valence-electron chi connectivity index (χ1n) is 12.7. The minimum Gasteiger partial charge on any atom is -0.298 e. The van der Waals surface area contributed by atoms with Gasteiger partial charge >= 0.3 is 0 Å². The predicted octanol–water partition coefficient (Wildman–Crippen LogP) is 4.44. The summed E-state index contributed by atoms with van der Waals surface area (Å²) in [5, 5.41) is 8.53. The predicted molar refractivity (Wildman–Crippen MR) is 159 cm³/mol. The van der Waals surface area contributed by atoms with Crippen molar-refractivity contribution in [3.05, 3.63) is 143 Å². The molecule has 43 heavy (non-hydrogen) atoms. The first kappa shape index (κ1) is 30.3. The van der Waals surface area contributed by atoms with Gasteiger partial charge in [-0.2, -0.15) is 10.2 Å². The molecule has 6 rings (SSSR count). The summed E-state index contributed by atoms with van der Waals surface area (Å²) in [6.45, 7) is 0. The molecule has 1 radical (unpaired) electrons. The molecule has 2 N–H and O–H groups in total. The molecule has 0 fully saturated rings. The number of rotatable bonds is 6. The average molecular weight is 618 g/mol. The van der Waals surface area contributed by atoms with Crippen LogP contribution in [0.3, 0.4) is 0 Å². The van der Waals surface area contributed by atoms with E-state index in [9.17, 15) is 19.2 Å². The Balaban J connectivity index is 0.000000192. The van der Waals surface area contributed by atoms with E-state index in [2.05, 4.69) is 31.0 Å². The van der Waals surface area contributed by atoms with E-state index in [4.69, 9.17) is 0 Å². The molecule has 215 valence electrons. The number of allylic oxidation sites excluding steroid dienone is 4. The van der Waals surface area contributed by atoms with Gasteiger partial charge in [-0.3, -0.25) is 40.0 Å². The van der Waals surface area contributed by atoms with Crippen LogP contribution in [0.1, 0.15) is 32.1 Å². The number of nitrogens with one attached hydrogen (secondary N) is 2. The second-order valence-corrected chi connectivity index (χ2v) is 8.84. The molecule has 0 bridgehead atoms. The minimum atomic E-state index is -0.376. The van der Waals surface area contributed by atoms with E-state index in [1.165, 1.54) is 24.5 Å². The van der Waals surface area contributed by atoms with Crippen LogP contribution in [0.15, 0.2) is 131 Å². The number of aromatic nitrogens is 2. The van der Waals surface area contributed by atoms with Crippen molar-refractivity contribution in [2.24, 2.45) is 10.2 Å². The van der Waals surface area contributed by atoms with Crippen LogP contribution in [0.25, 0.3) is 0 Å². The minimum absolute atomic E-state index is 0. The van der Waals surface area contributed by atoms with E-state index in [1.54, 1.807) is 24.3 Å². The van der Waals surface area contributed by atoms with E-state index >= 15 is 0 Å². The molecule has 2 aliphatic rings. The summed E-state index contributed by atoms with van der Waals surface area (Å²) < 4.78 is 0. The smallest absolute Gasteiger partial charge is 0.215 e. The maximum Gasteiger partial charge on any atom is 0.215 e. The molecule has 0 saturated carbocycles. The zero-order valence-corrected chi connectivity index (χ0v) is 23.2. The summed E-state index contributed by atoms with van der Waals surface area (Å²) in [7, 11) is 0. The SMILES string of the molecule is O=CC1=C/C(=N/Nc2ccccc2)c2cccnc2C1=O.O=CC1=C/C(=N/Nc2ccccc2)c2cccnc2C1=O.[Cu]. The molecule has 2 aromatic carbocycles. The molecule has 11 heteroatoms. The van der Waals surface area contributed by atoms with E-state index < -0.39 is 0 Å². The fourth-order valence-electron chi connectivity index (χ4n) is 4.08. The number of hydrogen-bond acceptors (Lipinski definition) is 10. The van der Waals surface area contributed by atoms with E-state index in [0.717, 1.165) is 11.4 Å². The number of carbonyl (C=O) groups excluding carboxylic acids is 4. The topological polar surface area (TPSA) is 143 Å². The average Bonchev–Trinajstić information content (AvgIpc) is 3.05. The first-order valence-corrected chi connectivity index (χ1v) is 12.7. The first-order chi connectivity index (χ1) is 20.6. The van der Waals surface area contributed by atoms with Crippen molar-refractivity contribution in [3.63, 3.8) is 0 Å². The van der Waals surface area contributed by atoms with Gasteiger partial charge in [0, 0.05) is 40.6 Å². The van der Waals surface area contributed by atoms with Crippen LogP contribution in [0.4, 0.5) is 11.4 Å². The van der Waals surface area contributed by atoms with Crippen LogP contribution in [0.5, 0.6) is 0 Å². The Morgan fingerprint density at radius 2 is 0.953 bits per heavy atom. The third-order valence-electron chi connectivity index (χ3n) is 6.12. The van der Waals surface area contributed by atoms with Crippen molar-refractivity contribution in [1.29, 1.82) is 0 Å². The van der Waals surface area contributed by atoms with Crippen molar-refractivity contribution in [2.75, 3.05) is 10.9 Å². The Bertz CT molecular complexity index is 1670. The van der Waals surface area contributed by atoms with E-state index in [0.29, 0.717) is 35.1 Å². The van der Waals surface area contributed by atoms with Crippen LogP contribution in [-0.2, 0) is 26.7 Å². The maximum absolute atomic E-state index is 12.0. The number of carbonyl (C=O) groups is 4. The largest absolute Gasteiger partial charge is 0.298 e. The number of aldehydes is 2. The molecule has 0 saturated heterocycles. The van der Waals surface area contributed by atoms with Gasteiger partial charge in [0.25, 0.3) is 0 Å². The third-order valence-corrected chi connectivity index (χ3v) is 6.12. The summed E-state index contributed by atoms with van der Waals surface area (Å²) in [5.41, 5.74) is 10.2. The zero-order chi connectivity index (χ0) is 29.3. The van der Waals surface area contributed by atoms with Gasteiger partial charge in [0.15, 0.2) is 12.6 Å². The van der Waals surface area contributed by atoms with Gasteiger partial charge in [0.1, 0.15) is 11.4 Å². The van der Waals surface area contributed by atoms with E-state index in [-0.39, 0.29) is 51.2 Å². The Kier molecular flexibility index (Phi) is 10.1. The number of benzene rings is 2. The fraction of sp³-hybridized carbons (Fsp3) is 0. The monoisotopic (exact) mass is 617 g/mol. The summed E-state index contributed by atoms with van der Waals surface area (Å²) in [4.78, 5) is 54.2. The molecule has 4 aromatic rings. The Morgan fingerprint density at radius 1 is 0.558 bits per heavy atom. The summed E-state index contributed by atoms with van der Waals surface area (Å²) in [6, 6.07) is 25.8. The number of hydrogen-bond donors (Lipinski definition) is 2. The molecule has 2 aromatic heterocycles. The number of anilines is 2. The molecule has 0 amide bonds. The number of nitrogens with zero attached hydrogens (tertiary/aromatic N) is 4. The van der Waals surface area contributed by atoms with E-state index in [1.807, 2.05) is 60.7 Å². The number of ketones is 2. The summed E-state index contributed by atoms with van der Waals surface area (Å²) in [6.07, 6.45) is 7.03. The number of pyridine rings is 2. The molecule has 2 aliphatic carbocycles. The quantitative estimate of drug-likeness (QED) is 0.140. The van der Waals surface area contributed by atoms with Gasteiger partial charge in [0.05, 0.1) is 33.9 Å². The van der Waals surface area contributed by atoms with Crippen molar-refractivity contribution < 1.29 is 36.2 Å². The number of fused-ring (bicyclic) bond motifs is 2. The van der Waals surface area contributed by atoms with Crippen molar-refractivity contribution in [1.82, 2.24) is 9.97 Å². The molecule has 10 nitrogen and oxygen atoms in total. The van der Waals surface area contributed by atoms with Crippen LogP contribution < -0.4 is 10.9 Å². The number of Topliss-reactive ketones (excluding diaryl/α,β-unsaturated/α-hetero) is 2. The molecular weight excluding hydrogens is 596 g/mol. The Hall–Kier alpha value is -5.64. The molecule has 0 unspecified atom stereocenters. The second kappa shape index (κ2) is 14.3. The molecule has 0 aliphatic heterocycles. The van der Waals surface area contributed by atoms with Crippen molar-refractivity contribution in [2.45, 2.75) is 0 Å². The van der Waals surface area contributed by atoms with Crippen LogP contribution in [0.2, 0.25) is 0 Å². The van der Waals surface area contributed by atoms with Gasteiger partial charge in [-0.1, -0.05) is 36.4 Å². The normalized spacial score (nSPS) is 15.0. The third kappa shape index (κ3) is 6.99. The maximum atomic E-state index is 12.0. The van der Waals surface area contributed by atoms with Gasteiger partial charge in [-0.15, -0.1) is 0 Å². The number of hydrazone groups is 2. The number of para-hydroxylation sites is 2. The molecule has 0 atom stereocenters. The van der Waals surface area contributed by atoms with Gasteiger partial charge in [0.2, 0.25) is 11.6 Å². The van der Waals surface area contributed by atoms with Crippen molar-refractivity contribution in [3.8, 4) is 0 Å². The standard InChI is InChI=1S/2C16H11N3O2.Cu/c2*20-10-11-9-14(19-18-12-5-2-1-3-6-12)13-7-4-8-17-15(13)16(11)21;/h2*1-10,18H;/b2*19-14-;. The molecular formula is C32H22CuN6O4. The zero-order valence-electron chi connectivity index (χ0n) is 22.3. The Labute approximate surface area is 256 Å². The molecule has 0 spiro atoms. The van der Waals surface area contributed by atoms with Crippen LogP contribution >= 0.6 is 0 Å². The fourth-order valence-corrected chi connectivity index (χ4v) is 4.08. The van der Waals surface area contributed by atoms with Gasteiger partial charge < -0.3 is 0 Å². The van der Waals surface area contributed by atoms with Crippen LogP contribution in [-0.4, -0.2) is 45.5 Å². The van der Waals surface area contributed by atoms with Crippen molar-refractivity contribution >= 4 is 46.9 Å². The summed E-state index contributed by atoms with van der Waals surface area (Å²) in [5.74, 6) is -0.751.